The van der Waals surface area contributed by atoms with E-state index in [1.54, 1.807) is 61.9 Å². The van der Waals surface area contributed by atoms with Crippen molar-refractivity contribution in [2.45, 2.75) is 122 Å². The van der Waals surface area contributed by atoms with Crippen molar-refractivity contribution >= 4 is 40.5 Å². The summed E-state index contributed by atoms with van der Waals surface area (Å²) in [4.78, 5) is 69.1. The Morgan fingerprint density at radius 1 is 0.833 bits per heavy atom. The Hall–Kier alpha value is -7.91. The minimum absolute atomic E-state index is 0.0604. The van der Waals surface area contributed by atoms with Gasteiger partial charge in [0.15, 0.2) is 11.6 Å². The lowest BCUT2D eigenvalue weighted by molar-refractivity contribution is -0.139. The maximum atomic E-state index is 14.2. The zero-order valence-corrected chi connectivity index (χ0v) is 45.3. The molecule has 3 unspecified atom stereocenters. The van der Waals surface area contributed by atoms with E-state index in [1.807, 2.05) is 69.9 Å². The SMILES string of the molecule is CNC(C)C(=O)NC(C(=O)N1CCCC1c1nc(C(=O)c2cccc(OCc3cn(CCCCCCOc4cccc(CNC(=O)c5cccc(NCc6nnc(-c7ccncn7)n6C)c5)c4)nn3)c2)cs1)C1CCCCC1. The predicted octanol–water partition coefficient (Wildman–Crippen LogP) is 7.65. The fourth-order valence-electron chi connectivity index (χ4n) is 9.88. The number of hydrogen-bond donors (Lipinski definition) is 4. The van der Waals surface area contributed by atoms with Crippen LogP contribution in [0.25, 0.3) is 11.5 Å². The van der Waals surface area contributed by atoms with Crippen molar-refractivity contribution in [1.82, 2.24) is 65.6 Å². The Morgan fingerprint density at radius 2 is 1.64 bits per heavy atom. The van der Waals surface area contributed by atoms with Crippen molar-refractivity contribution in [1.29, 1.82) is 0 Å². The highest BCUT2D eigenvalue weighted by atomic mass is 32.1. The Bertz CT molecular complexity index is 3120. The molecule has 3 amide bonds. The first-order valence-electron chi connectivity index (χ1n) is 27.0. The number of anilines is 1. The number of unbranched alkanes of at least 4 members (excludes halogenated alkanes) is 3. The molecule has 5 heterocycles. The number of carbonyl (C=O) groups excluding carboxylic acids is 4. The number of carbonyl (C=O) groups is 4. The maximum absolute atomic E-state index is 14.2. The van der Waals surface area contributed by atoms with Gasteiger partial charge in [-0.25, -0.2) is 15.0 Å². The van der Waals surface area contributed by atoms with Gasteiger partial charge in [-0.1, -0.05) is 61.2 Å². The van der Waals surface area contributed by atoms with Crippen LogP contribution in [-0.4, -0.2) is 105 Å². The molecule has 21 heteroatoms. The first kappa shape index (κ1) is 54.9. The predicted molar refractivity (Wildman–Crippen MR) is 294 cm³/mol. The molecule has 78 heavy (non-hydrogen) atoms. The molecule has 1 aliphatic carbocycles. The molecule has 3 aromatic carbocycles. The Kier molecular flexibility index (Phi) is 18.9. The van der Waals surface area contributed by atoms with Crippen LogP contribution in [-0.2, 0) is 42.9 Å². The summed E-state index contributed by atoms with van der Waals surface area (Å²) in [5.41, 5.74) is 4.39. The summed E-state index contributed by atoms with van der Waals surface area (Å²) in [5, 5.41) is 32.1. The number of rotatable bonds is 26. The van der Waals surface area contributed by atoms with Crippen LogP contribution in [0.1, 0.15) is 132 Å². The average molecular weight is 1080 g/mol. The normalized spacial score (nSPS) is 15.4. The van der Waals surface area contributed by atoms with Gasteiger partial charge in [0, 0.05) is 55.1 Å². The van der Waals surface area contributed by atoms with E-state index >= 15 is 0 Å². The molecule has 7 aromatic rings. The molecular formula is C57H68N14O6S. The highest BCUT2D eigenvalue weighted by Gasteiger charge is 2.40. The quantitative estimate of drug-likeness (QED) is 0.0301. The van der Waals surface area contributed by atoms with E-state index in [0.29, 0.717) is 66.0 Å². The highest BCUT2D eigenvalue weighted by Crippen LogP contribution is 2.37. The number of ether oxygens (including phenoxy) is 2. The number of likely N-dealkylation sites (tertiary alicyclic amines) is 1. The van der Waals surface area contributed by atoms with Crippen molar-refractivity contribution in [2.75, 3.05) is 25.5 Å². The molecule has 20 nitrogen and oxygen atoms in total. The van der Waals surface area contributed by atoms with Crippen molar-refractivity contribution in [3.63, 3.8) is 0 Å². The minimum Gasteiger partial charge on any atom is -0.494 e. The van der Waals surface area contributed by atoms with Gasteiger partial charge in [0.05, 0.1) is 31.4 Å². The Balaban J connectivity index is 0.666. The first-order valence-corrected chi connectivity index (χ1v) is 27.9. The molecule has 4 N–H and O–H groups in total. The lowest BCUT2D eigenvalue weighted by atomic mass is 9.83. The van der Waals surface area contributed by atoms with Crippen molar-refractivity contribution in [2.24, 2.45) is 13.0 Å². The summed E-state index contributed by atoms with van der Waals surface area (Å²) in [6.07, 6.45) is 15.5. The smallest absolute Gasteiger partial charge is 0.251 e. The van der Waals surface area contributed by atoms with Crippen LogP contribution < -0.4 is 30.7 Å². The van der Waals surface area contributed by atoms with Crippen LogP contribution in [0, 0.1) is 5.92 Å². The second-order valence-electron chi connectivity index (χ2n) is 19.9. The number of aryl methyl sites for hydroxylation is 1. The van der Waals surface area contributed by atoms with E-state index in [2.05, 4.69) is 51.7 Å². The first-order chi connectivity index (χ1) is 38.1. The van der Waals surface area contributed by atoms with Crippen molar-refractivity contribution < 1.29 is 28.7 Å². The molecule has 9 rings (SSSR count). The summed E-state index contributed by atoms with van der Waals surface area (Å²) in [5.74, 6) is 2.09. The van der Waals surface area contributed by atoms with Gasteiger partial charge in [-0.05, 0) is 119 Å². The van der Waals surface area contributed by atoms with Crippen LogP contribution in [0.5, 0.6) is 11.5 Å². The lowest BCUT2D eigenvalue weighted by Crippen LogP contribution is -2.55. The number of ketones is 1. The molecule has 0 radical (unpaired) electrons. The summed E-state index contributed by atoms with van der Waals surface area (Å²) >= 11 is 1.39. The highest BCUT2D eigenvalue weighted by molar-refractivity contribution is 7.10. The summed E-state index contributed by atoms with van der Waals surface area (Å²) < 4.78 is 15.8. The van der Waals surface area contributed by atoms with Gasteiger partial charge in [0.2, 0.25) is 17.6 Å². The number of benzene rings is 3. The zero-order chi connectivity index (χ0) is 54.2. The van der Waals surface area contributed by atoms with Gasteiger partial charge < -0.3 is 40.2 Å². The van der Waals surface area contributed by atoms with Gasteiger partial charge in [0.25, 0.3) is 5.91 Å². The van der Waals surface area contributed by atoms with Gasteiger partial charge in [-0.15, -0.1) is 26.6 Å². The number of likely N-dealkylation sites (N-methyl/N-ethyl adjacent to an activating group) is 1. The van der Waals surface area contributed by atoms with E-state index in [0.717, 1.165) is 105 Å². The number of hydrogen-bond acceptors (Lipinski definition) is 16. The molecule has 0 spiro atoms. The summed E-state index contributed by atoms with van der Waals surface area (Å²) in [7, 11) is 3.62. The molecular weight excluding hydrogens is 1010 g/mol. The third kappa shape index (κ3) is 14.4. The second kappa shape index (κ2) is 26.9. The zero-order valence-electron chi connectivity index (χ0n) is 44.5. The largest absolute Gasteiger partial charge is 0.494 e. The minimum atomic E-state index is -0.586. The number of nitrogens with zero attached hydrogens (tertiary/aromatic N) is 10. The molecule has 2 fully saturated rings. The summed E-state index contributed by atoms with van der Waals surface area (Å²) in [6.45, 7) is 4.64. The molecule has 3 atom stereocenters. The van der Waals surface area contributed by atoms with Gasteiger partial charge >= 0.3 is 0 Å². The van der Waals surface area contributed by atoms with Gasteiger partial charge in [0.1, 0.15) is 52.6 Å². The number of aromatic nitrogens is 9. The summed E-state index contributed by atoms with van der Waals surface area (Å²) in [6, 6.07) is 22.7. The lowest BCUT2D eigenvalue weighted by Gasteiger charge is -2.35. The third-order valence-corrected chi connectivity index (χ3v) is 15.4. The average Bonchev–Trinajstić information content (AvgIpc) is 4.34. The van der Waals surface area contributed by atoms with Gasteiger partial charge in [-0.2, -0.15) is 0 Å². The standard InChI is InChI=1S/C57H68N14O6S/c1-38(58-2)54(73)64-51(40-16-7-6-8-17-40)57(75)71-27-14-23-49(71)56-63-48(36-78-56)52(72)41-18-13-22-46(31-41)77-35-44-34-70(68-65-44)26-9-4-5-10-28-76-45-21-11-15-39(29-45)32-61-55(74)42-19-12-20-43(30-42)60-33-50-66-67-53(69(50)3)47-24-25-59-37-62-47/h11-13,15,18-22,24-25,29-31,34,36-38,40,49,51,58,60H,4-10,14,16-17,23,26-28,32-33,35H2,1-3H3,(H,61,74)(H,64,73). The molecule has 0 bridgehead atoms. The number of amides is 3. The second-order valence-corrected chi connectivity index (χ2v) is 20.8. The number of nitrogens with one attached hydrogen (secondary N) is 4. The van der Waals surface area contributed by atoms with Crippen molar-refractivity contribution in [3.8, 4) is 23.0 Å². The van der Waals surface area contributed by atoms with Crippen LogP contribution >= 0.6 is 11.3 Å². The fourth-order valence-corrected chi connectivity index (χ4v) is 10.8. The molecule has 408 valence electrons. The van der Waals surface area contributed by atoms with Crippen LogP contribution in [0.15, 0.2) is 103 Å². The van der Waals surface area contributed by atoms with Gasteiger partial charge in [-0.3, -0.25) is 23.9 Å². The van der Waals surface area contributed by atoms with Crippen LogP contribution in [0.3, 0.4) is 0 Å². The van der Waals surface area contributed by atoms with Crippen LogP contribution in [0.2, 0.25) is 0 Å². The monoisotopic (exact) mass is 1080 g/mol. The molecule has 1 saturated heterocycles. The molecule has 2 aliphatic rings. The topological polar surface area (TPSA) is 238 Å². The third-order valence-electron chi connectivity index (χ3n) is 14.4. The Morgan fingerprint density at radius 3 is 2.47 bits per heavy atom. The molecule has 4 aromatic heterocycles. The van der Waals surface area contributed by atoms with E-state index in [-0.39, 0.29) is 42.1 Å². The molecule has 1 aliphatic heterocycles. The van der Waals surface area contributed by atoms with E-state index in [9.17, 15) is 19.2 Å². The molecule has 1 saturated carbocycles. The van der Waals surface area contributed by atoms with Crippen molar-refractivity contribution in [3.05, 3.63) is 142 Å². The maximum Gasteiger partial charge on any atom is 0.251 e. The van der Waals surface area contributed by atoms with E-state index < -0.39 is 12.1 Å². The van der Waals surface area contributed by atoms with E-state index in [4.69, 9.17) is 14.5 Å². The van der Waals surface area contributed by atoms with E-state index in [1.165, 1.54) is 17.7 Å². The van der Waals surface area contributed by atoms with Crippen LogP contribution in [0.4, 0.5) is 5.69 Å². The number of thiazole rings is 1. The fraction of sp³-hybridized carbons (Fsp3) is 0.421. The Labute approximate surface area is 458 Å².